The van der Waals surface area contributed by atoms with E-state index in [9.17, 15) is 0 Å². The number of rotatable bonds is 0. The van der Waals surface area contributed by atoms with Crippen LogP contribution in [0.3, 0.4) is 0 Å². The minimum Gasteiger partial charge on any atom is -0.369 e. The zero-order valence-electron chi connectivity index (χ0n) is 4.38. The molecule has 4 N–H and O–H groups in total. The van der Waals surface area contributed by atoms with Crippen molar-refractivity contribution < 1.29 is 5.09 Å². The predicted octanol–water partition coefficient (Wildman–Crippen LogP) is -0.186. The van der Waals surface area contributed by atoms with Crippen LogP contribution in [0.2, 0.25) is 0 Å². The third-order valence-electron chi connectivity index (χ3n) is 0. The molecule has 1 unspecified atom stereocenters. The number of nitrogens with zero attached hydrogens (tertiary/aromatic N) is 1. The van der Waals surface area contributed by atoms with E-state index < -0.39 is 5.09 Å². The topological polar surface area (TPSA) is 103 Å². The molecule has 0 aliphatic rings. The Morgan fingerprint density at radius 2 is 1.29 bits per heavy atom. The van der Waals surface area contributed by atoms with E-state index in [4.69, 9.17) is 15.3 Å². The van der Waals surface area contributed by atoms with E-state index >= 15 is 0 Å². The molecular weight excluding hydrogens is 146 g/mol. The fourth-order valence-electron chi connectivity index (χ4n) is 0. The van der Waals surface area contributed by atoms with Gasteiger partial charge in [-0.3, -0.25) is 0 Å². The van der Waals surface area contributed by atoms with Crippen molar-refractivity contribution in [3.8, 4) is 0 Å². The SMILES string of the molecule is O=[N+]([O-])[O-].P.[K].[NH4+]. The Bertz CT molecular complexity index is 35.9. The maximum atomic E-state index is 8.25. The minimum absolute atomic E-state index is 0. The van der Waals surface area contributed by atoms with Crippen molar-refractivity contribution in [1.29, 1.82) is 0 Å². The fourth-order valence-corrected chi connectivity index (χ4v) is 0. The first kappa shape index (κ1) is 24.0. The first-order valence-electron chi connectivity index (χ1n) is 0.548. The van der Waals surface area contributed by atoms with Gasteiger partial charge in [-0.15, -0.1) is 0 Å². The van der Waals surface area contributed by atoms with Gasteiger partial charge < -0.3 is 21.5 Å². The second-order valence-electron chi connectivity index (χ2n) is 0.224. The van der Waals surface area contributed by atoms with Gasteiger partial charge in [-0.1, -0.05) is 0 Å². The number of hydrogen-bond donors (Lipinski definition) is 1. The standard InChI is InChI=1S/K.NO3.H3N.H3P/c;2-1(3)4;;/h;;2*1H3/q;-1;;/p+1. The zero-order chi connectivity index (χ0) is 3.58. The van der Waals surface area contributed by atoms with Crippen LogP contribution in [0.5, 0.6) is 0 Å². The summed E-state index contributed by atoms with van der Waals surface area (Å²) in [7, 11) is 0. The minimum atomic E-state index is -1.75. The first-order chi connectivity index (χ1) is 1.73. The second kappa shape index (κ2) is 15.7. The summed E-state index contributed by atoms with van der Waals surface area (Å²) in [4.78, 5) is 8.25. The van der Waals surface area contributed by atoms with Gasteiger partial charge in [0.2, 0.25) is 0 Å². The van der Waals surface area contributed by atoms with Gasteiger partial charge in [-0.05, 0) is 0 Å². The molecule has 7 heavy (non-hydrogen) atoms. The molecule has 7 heteroatoms. The van der Waals surface area contributed by atoms with Gasteiger partial charge in [0.25, 0.3) is 0 Å². The van der Waals surface area contributed by atoms with E-state index in [1.807, 2.05) is 0 Å². The Morgan fingerprint density at radius 3 is 1.29 bits per heavy atom. The summed E-state index contributed by atoms with van der Waals surface area (Å²) in [5, 5.41) is 14.8. The van der Waals surface area contributed by atoms with Crippen molar-refractivity contribution in [2.24, 2.45) is 0 Å². The van der Waals surface area contributed by atoms with Crippen molar-refractivity contribution in [2.45, 2.75) is 0 Å². The Labute approximate surface area is 86.6 Å². The average molecular weight is 153 g/mol. The Balaban J connectivity index is -0.0000000150. The average Bonchev–Trinajstić information content (AvgIpc) is 0.811. The molecule has 0 aromatic heterocycles. The third kappa shape index (κ3) is 131. The molecule has 0 rings (SSSR count). The van der Waals surface area contributed by atoms with Gasteiger partial charge in [0.15, 0.2) is 0 Å². The molecular formula is H7KN2O3P. The van der Waals surface area contributed by atoms with E-state index in [2.05, 4.69) is 0 Å². The molecule has 0 aromatic rings. The van der Waals surface area contributed by atoms with Crippen molar-refractivity contribution in [1.82, 2.24) is 6.15 Å². The van der Waals surface area contributed by atoms with Gasteiger partial charge in [0, 0.05) is 51.4 Å². The van der Waals surface area contributed by atoms with Gasteiger partial charge in [0.05, 0.1) is 5.09 Å². The van der Waals surface area contributed by atoms with E-state index in [1.54, 1.807) is 0 Å². The second-order valence-corrected chi connectivity index (χ2v) is 0.224. The summed E-state index contributed by atoms with van der Waals surface area (Å²) in [5.74, 6) is 0. The van der Waals surface area contributed by atoms with Gasteiger partial charge >= 0.3 is 0 Å². The van der Waals surface area contributed by atoms with Crippen molar-refractivity contribution in [3.63, 3.8) is 0 Å². The molecule has 0 amide bonds. The van der Waals surface area contributed by atoms with Crippen LogP contribution in [0.15, 0.2) is 0 Å². The summed E-state index contributed by atoms with van der Waals surface area (Å²) in [6, 6.07) is 0. The van der Waals surface area contributed by atoms with E-state index in [-0.39, 0.29) is 67.4 Å². The van der Waals surface area contributed by atoms with E-state index in [0.717, 1.165) is 0 Å². The molecule has 1 atom stereocenters. The predicted molar refractivity (Wildman–Crippen MR) is 33.2 cm³/mol. The summed E-state index contributed by atoms with van der Waals surface area (Å²) in [5.41, 5.74) is 0. The quantitative estimate of drug-likeness (QED) is 0.226. The molecule has 0 saturated heterocycles. The number of quaternary nitrogens is 1. The van der Waals surface area contributed by atoms with Gasteiger partial charge in [0.1, 0.15) is 0 Å². The Kier molecular flexibility index (Phi) is 53.9. The van der Waals surface area contributed by atoms with Crippen LogP contribution >= 0.6 is 9.90 Å². The molecule has 0 bridgehead atoms. The molecule has 0 aliphatic heterocycles. The molecule has 0 heterocycles. The maximum Gasteiger partial charge on any atom is 0.0689 e. The largest absolute Gasteiger partial charge is 0.369 e. The summed E-state index contributed by atoms with van der Waals surface area (Å²) in [6.45, 7) is 0. The molecule has 1 radical (unpaired) electrons. The molecule has 0 aliphatic carbocycles. The van der Waals surface area contributed by atoms with Crippen LogP contribution in [-0.4, -0.2) is 56.5 Å². The molecule has 0 fully saturated rings. The van der Waals surface area contributed by atoms with Crippen LogP contribution in [0.1, 0.15) is 0 Å². The van der Waals surface area contributed by atoms with Crippen LogP contribution in [0, 0.1) is 15.3 Å². The summed E-state index contributed by atoms with van der Waals surface area (Å²) in [6.07, 6.45) is 0. The van der Waals surface area contributed by atoms with Crippen LogP contribution in [0.25, 0.3) is 0 Å². The monoisotopic (exact) mass is 153 g/mol. The number of hydrogen-bond acceptors (Lipinski definition) is 3. The van der Waals surface area contributed by atoms with Crippen LogP contribution < -0.4 is 6.15 Å². The Hall–Kier alpha value is 1.23. The van der Waals surface area contributed by atoms with Gasteiger partial charge in [-0.25, -0.2) is 0 Å². The third-order valence-corrected chi connectivity index (χ3v) is 0. The van der Waals surface area contributed by atoms with Crippen LogP contribution in [-0.2, 0) is 0 Å². The molecule has 5 nitrogen and oxygen atoms in total. The molecule has 0 aromatic carbocycles. The maximum absolute atomic E-state index is 8.25. The van der Waals surface area contributed by atoms with Crippen LogP contribution in [0.4, 0.5) is 0 Å². The van der Waals surface area contributed by atoms with Crippen molar-refractivity contribution in [3.05, 3.63) is 15.3 Å². The summed E-state index contributed by atoms with van der Waals surface area (Å²) < 4.78 is 0. The molecule has 0 spiro atoms. The molecule has 0 saturated carbocycles. The van der Waals surface area contributed by atoms with E-state index in [1.165, 1.54) is 0 Å². The summed E-state index contributed by atoms with van der Waals surface area (Å²) >= 11 is 0. The Morgan fingerprint density at radius 1 is 1.29 bits per heavy atom. The van der Waals surface area contributed by atoms with E-state index in [0.29, 0.717) is 0 Å². The van der Waals surface area contributed by atoms with Crippen molar-refractivity contribution in [2.75, 3.05) is 0 Å². The normalized spacial score (nSPS) is 3.43. The first-order valence-corrected chi connectivity index (χ1v) is 0.548. The van der Waals surface area contributed by atoms with Crippen molar-refractivity contribution >= 4 is 61.3 Å². The fraction of sp³-hybridized carbons (Fsp3) is 0. The zero-order valence-corrected chi connectivity index (χ0v) is 8.92. The van der Waals surface area contributed by atoms with Gasteiger partial charge in [-0.2, -0.15) is 9.90 Å². The molecule has 41 valence electrons. The smallest absolute Gasteiger partial charge is 0.0689 e.